The van der Waals surface area contributed by atoms with Gasteiger partial charge in [0.1, 0.15) is 24.0 Å². The van der Waals surface area contributed by atoms with Crippen molar-refractivity contribution in [2.24, 2.45) is 0 Å². The van der Waals surface area contributed by atoms with Gasteiger partial charge in [0.25, 0.3) is 11.6 Å². The largest absolute Gasteiger partial charge is 0.487 e. The van der Waals surface area contributed by atoms with Crippen molar-refractivity contribution in [3.63, 3.8) is 0 Å². The third-order valence-corrected chi connectivity index (χ3v) is 6.67. The van der Waals surface area contributed by atoms with Crippen molar-refractivity contribution in [2.45, 2.75) is 13.5 Å². The number of nitrogens with zero attached hydrogens (tertiary/aromatic N) is 2. The quantitative estimate of drug-likeness (QED) is 0.0951. The van der Waals surface area contributed by atoms with Crippen LogP contribution in [-0.4, -0.2) is 10.8 Å². The van der Waals surface area contributed by atoms with E-state index in [4.69, 9.17) is 16.3 Å². The van der Waals surface area contributed by atoms with Crippen LogP contribution in [0, 0.1) is 35.5 Å². The second-order valence-corrected chi connectivity index (χ2v) is 9.85. The first-order chi connectivity index (χ1) is 16.2. The van der Waals surface area contributed by atoms with Gasteiger partial charge in [-0.05, 0) is 111 Å². The number of amides is 1. The fraction of sp³-hybridized carbons (Fsp3) is 0.0833. The SMILES string of the molecule is Cc1ccc(NC(=O)/C(C#N)=C\c2cc(I)c(OCc3ccc([N+](=O)[O-])cc3)c(I)c2)cc1Cl. The number of carbonyl (C=O) groups excluding carboxylic acids is 1. The molecule has 3 rings (SSSR count). The van der Waals surface area contributed by atoms with E-state index < -0.39 is 10.8 Å². The minimum Gasteiger partial charge on any atom is -0.487 e. The first-order valence-corrected chi connectivity index (χ1v) is 12.3. The number of halogens is 3. The molecule has 0 aromatic heterocycles. The number of aryl methyl sites for hydroxylation is 1. The summed E-state index contributed by atoms with van der Waals surface area (Å²) >= 11 is 10.3. The molecule has 0 saturated heterocycles. The van der Waals surface area contributed by atoms with Crippen LogP contribution in [0.2, 0.25) is 5.02 Å². The number of carbonyl (C=O) groups is 1. The molecular weight excluding hydrogens is 684 g/mol. The number of non-ortho nitro benzene ring substituents is 1. The van der Waals surface area contributed by atoms with Crippen molar-refractivity contribution in [1.82, 2.24) is 0 Å². The molecule has 0 spiro atoms. The second kappa shape index (κ2) is 11.6. The minimum atomic E-state index is -0.536. The van der Waals surface area contributed by atoms with Crippen molar-refractivity contribution >= 4 is 80.1 Å². The first-order valence-electron chi connectivity index (χ1n) is 9.72. The van der Waals surface area contributed by atoms with Crippen molar-refractivity contribution in [3.8, 4) is 11.8 Å². The Morgan fingerprint density at radius 1 is 1.18 bits per heavy atom. The lowest BCUT2D eigenvalue weighted by Crippen LogP contribution is -2.13. The summed E-state index contributed by atoms with van der Waals surface area (Å²) < 4.78 is 7.51. The Balaban J connectivity index is 1.75. The monoisotopic (exact) mass is 699 g/mol. The van der Waals surface area contributed by atoms with Crippen molar-refractivity contribution in [3.05, 3.63) is 99.1 Å². The number of ether oxygens (including phenoxy) is 1. The van der Waals surface area contributed by atoms with Gasteiger partial charge in [-0.15, -0.1) is 0 Å². The standard InChI is InChI=1S/C24H16ClI2N3O4/c1-14-2-5-18(11-20(14)25)29-24(31)17(12-28)8-16-9-21(26)23(22(27)10-16)34-13-15-3-6-19(7-4-15)30(32)33/h2-11H,13H2,1H3,(H,29,31)/b17-8-. The fourth-order valence-electron chi connectivity index (χ4n) is 2.85. The lowest BCUT2D eigenvalue weighted by atomic mass is 10.1. The zero-order chi connectivity index (χ0) is 24.8. The van der Waals surface area contributed by atoms with E-state index in [-0.39, 0.29) is 17.9 Å². The molecular formula is C24H16ClI2N3O4. The van der Waals surface area contributed by atoms with Crippen LogP contribution in [-0.2, 0) is 11.4 Å². The zero-order valence-corrected chi connectivity index (χ0v) is 22.7. The van der Waals surface area contributed by atoms with Gasteiger partial charge in [-0.2, -0.15) is 5.26 Å². The van der Waals surface area contributed by atoms with E-state index in [0.29, 0.717) is 22.0 Å². The molecule has 0 aliphatic carbocycles. The zero-order valence-electron chi connectivity index (χ0n) is 17.6. The third kappa shape index (κ3) is 6.68. The maximum absolute atomic E-state index is 12.6. The van der Waals surface area contributed by atoms with E-state index in [1.54, 1.807) is 42.5 Å². The number of nitrogens with one attached hydrogen (secondary N) is 1. The lowest BCUT2D eigenvalue weighted by molar-refractivity contribution is -0.384. The predicted molar refractivity (Wildman–Crippen MR) is 148 cm³/mol. The Labute approximate surface area is 228 Å². The first kappa shape index (κ1) is 25.9. The maximum Gasteiger partial charge on any atom is 0.269 e. The normalized spacial score (nSPS) is 11.0. The molecule has 1 N–H and O–H groups in total. The van der Waals surface area contributed by atoms with Gasteiger partial charge in [0.15, 0.2) is 0 Å². The summed E-state index contributed by atoms with van der Waals surface area (Å²) in [5.74, 6) is 0.111. The van der Waals surface area contributed by atoms with Crippen LogP contribution in [0.15, 0.2) is 60.2 Å². The molecule has 0 fully saturated rings. The summed E-state index contributed by atoms with van der Waals surface area (Å²) in [6.07, 6.45) is 1.51. The minimum absolute atomic E-state index is 0.0202. The van der Waals surface area contributed by atoms with E-state index in [2.05, 4.69) is 50.5 Å². The van der Waals surface area contributed by atoms with E-state index in [1.165, 1.54) is 18.2 Å². The summed E-state index contributed by atoms with van der Waals surface area (Å²) in [6.45, 7) is 2.10. The lowest BCUT2D eigenvalue weighted by Gasteiger charge is -2.12. The summed E-state index contributed by atoms with van der Waals surface area (Å²) in [4.78, 5) is 22.9. The van der Waals surface area contributed by atoms with Crippen LogP contribution in [0.25, 0.3) is 6.08 Å². The molecule has 0 unspecified atom stereocenters. The number of hydrogen-bond donors (Lipinski definition) is 1. The van der Waals surface area contributed by atoms with Crippen LogP contribution in [0.1, 0.15) is 16.7 Å². The molecule has 0 aliphatic heterocycles. The van der Waals surface area contributed by atoms with E-state index >= 15 is 0 Å². The van der Waals surface area contributed by atoms with E-state index in [9.17, 15) is 20.2 Å². The average Bonchev–Trinajstić information content (AvgIpc) is 2.79. The van der Waals surface area contributed by atoms with Gasteiger partial charge in [0, 0.05) is 22.8 Å². The fourth-order valence-corrected chi connectivity index (χ4v) is 5.16. The summed E-state index contributed by atoms with van der Waals surface area (Å²) in [7, 11) is 0. The van der Waals surface area contributed by atoms with Crippen molar-refractivity contribution in [1.29, 1.82) is 5.26 Å². The van der Waals surface area contributed by atoms with E-state index in [0.717, 1.165) is 18.3 Å². The number of anilines is 1. The molecule has 0 heterocycles. The number of nitriles is 1. The van der Waals surface area contributed by atoms with Crippen LogP contribution >= 0.6 is 56.8 Å². The molecule has 0 atom stereocenters. The van der Waals surface area contributed by atoms with Gasteiger partial charge >= 0.3 is 0 Å². The Morgan fingerprint density at radius 3 is 2.38 bits per heavy atom. The number of rotatable bonds is 7. The highest BCUT2D eigenvalue weighted by atomic mass is 127. The molecule has 0 aliphatic rings. The van der Waals surface area contributed by atoms with E-state index in [1.807, 2.05) is 13.0 Å². The van der Waals surface area contributed by atoms with Crippen molar-refractivity contribution < 1.29 is 14.5 Å². The van der Waals surface area contributed by atoms with Gasteiger partial charge in [0.05, 0.1) is 12.1 Å². The third-order valence-electron chi connectivity index (χ3n) is 4.66. The molecule has 1 amide bonds. The summed E-state index contributed by atoms with van der Waals surface area (Å²) in [6, 6.07) is 16.8. The second-order valence-electron chi connectivity index (χ2n) is 7.11. The van der Waals surface area contributed by atoms with Crippen LogP contribution in [0.5, 0.6) is 5.75 Å². The smallest absolute Gasteiger partial charge is 0.269 e. The average molecular weight is 700 g/mol. The van der Waals surface area contributed by atoms with Gasteiger partial charge < -0.3 is 10.1 Å². The highest BCUT2D eigenvalue weighted by Crippen LogP contribution is 2.31. The molecule has 0 bridgehead atoms. The number of hydrogen-bond acceptors (Lipinski definition) is 5. The molecule has 34 heavy (non-hydrogen) atoms. The van der Waals surface area contributed by atoms with Gasteiger partial charge in [-0.1, -0.05) is 17.7 Å². The molecule has 3 aromatic rings. The predicted octanol–water partition coefficient (Wildman–Crippen LogP) is 6.89. The van der Waals surface area contributed by atoms with Gasteiger partial charge in [-0.3, -0.25) is 14.9 Å². The molecule has 7 nitrogen and oxygen atoms in total. The molecule has 172 valence electrons. The number of benzene rings is 3. The number of nitro groups is 1. The highest BCUT2D eigenvalue weighted by molar-refractivity contribution is 14.1. The molecule has 3 aromatic carbocycles. The molecule has 0 radical (unpaired) electrons. The van der Waals surface area contributed by atoms with Crippen LogP contribution in [0.3, 0.4) is 0 Å². The Kier molecular flexibility index (Phi) is 8.87. The van der Waals surface area contributed by atoms with Gasteiger partial charge in [-0.25, -0.2) is 0 Å². The Bertz CT molecular complexity index is 1310. The summed E-state index contributed by atoms with van der Waals surface area (Å²) in [5.41, 5.74) is 2.82. The summed E-state index contributed by atoms with van der Waals surface area (Å²) in [5, 5.41) is 23.5. The highest BCUT2D eigenvalue weighted by Gasteiger charge is 2.13. The Hall–Kier alpha value is -2.69. The van der Waals surface area contributed by atoms with Crippen LogP contribution < -0.4 is 10.1 Å². The van der Waals surface area contributed by atoms with Crippen LogP contribution in [0.4, 0.5) is 11.4 Å². The molecule has 10 heteroatoms. The number of nitro benzene ring substituents is 1. The van der Waals surface area contributed by atoms with Crippen molar-refractivity contribution in [2.75, 3.05) is 5.32 Å². The molecule has 0 saturated carbocycles. The maximum atomic E-state index is 12.6. The Morgan fingerprint density at radius 2 is 1.82 bits per heavy atom. The topological polar surface area (TPSA) is 105 Å². The van der Waals surface area contributed by atoms with Gasteiger partial charge in [0.2, 0.25) is 0 Å².